The summed E-state index contributed by atoms with van der Waals surface area (Å²) in [5, 5.41) is 29.0. The van der Waals surface area contributed by atoms with E-state index in [-0.39, 0.29) is 18.1 Å². The molecule has 0 saturated carbocycles. The van der Waals surface area contributed by atoms with E-state index in [1.54, 1.807) is 18.2 Å². The molecule has 8 heteroatoms. The van der Waals surface area contributed by atoms with Crippen molar-refractivity contribution in [2.75, 3.05) is 26.1 Å². The molecule has 0 saturated heterocycles. The third-order valence-corrected chi connectivity index (χ3v) is 7.13. The second-order valence-electron chi connectivity index (χ2n) is 6.72. The number of rotatable bonds is 8. The van der Waals surface area contributed by atoms with E-state index < -0.39 is 27.8 Å². The maximum absolute atomic E-state index is 12.2. The van der Waals surface area contributed by atoms with E-state index in [0.29, 0.717) is 29.6 Å². The number of halogens is 1. The highest BCUT2D eigenvalue weighted by atomic mass is 79.9. The number of aliphatic hydroxyl groups excluding tert-OH is 2. The standard InChI is InChI=1S/C19H25BrO6S/c1-12(7-13-8-15(20)4-6-16(13)22)3-5-17(23)19-14(10-26-2)11-27(24,25)18(19)9-21/h4,6-8,17-18,21-23H,3,5,9-11H2,1-2H3/b12-7+/t17-,18+/m1/s1. The van der Waals surface area contributed by atoms with Crippen LogP contribution in [0.15, 0.2) is 39.4 Å². The zero-order valence-corrected chi connectivity index (χ0v) is 17.8. The highest BCUT2D eigenvalue weighted by molar-refractivity contribution is 9.10. The van der Waals surface area contributed by atoms with Gasteiger partial charge in [0.25, 0.3) is 0 Å². The first-order valence-electron chi connectivity index (χ1n) is 8.56. The van der Waals surface area contributed by atoms with Gasteiger partial charge in [0.1, 0.15) is 11.0 Å². The molecular formula is C19H25BrO6S. The topological polar surface area (TPSA) is 104 Å². The van der Waals surface area contributed by atoms with Crippen molar-refractivity contribution < 1.29 is 28.5 Å². The number of methoxy groups -OCH3 is 1. The Morgan fingerprint density at radius 2 is 2.15 bits per heavy atom. The van der Waals surface area contributed by atoms with E-state index in [4.69, 9.17) is 4.74 Å². The maximum atomic E-state index is 12.2. The third kappa shape index (κ3) is 5.42. The highest BCUT2D eigenvalue weighted by Gasteiger charge is 2.40. The molecule has 0 aromatic heterocycles. The van der Waals surface area contributed by atoms with Gasteiger partial charge in [0.2, 0.25) is 0 Å². The first-order chi connectivity index (χ1) is 12.7. The Labute approximate surface area is 168 Å². The van der Waals surface area contributed by atoms with Crippen LogP contribution in [0.5, 0.6) is 5.75 Å². The lowest BCUT2D eigenvalue weighted by molar-refractivity contribution is 0.182. The molecule has 1 heterocycles. The molecule has 0 unspecified atom stereocenters. The number of allylic oxidation sites excluding steroid dienone is 1. The second-order valence-corrected chi connectivity index (χ2v) is 9.82. The summed E-state index contributed by atoms with van der Waals surface area (Å²) in [6.45, 7) is 1.44. The quantitative estimate of drug-likeness (QED) is 0.514. The van der Waals surface area contributed by atoms with Crippen LogP contribution in [0.1, 0.15) is 25.3 Å². The van der Waals surface area contributed by atoms with Crippen molar-refractivity contribution in [1.82, 2.24) is 0 Å². The largest absolute Gasteiger partial charge is 0.507 e. The summed E-state index contributed by atoms with van der Waals surface area (Å²) in [6, 6.07) is 5.13. The molecule has 0 aliphatic carbocycles. The van der Waals surface area contributed by atoms with E-state index in [1.165, 1.54) is 7.11 Å². The Morgan fingerprint density at radius 3 is 2.78 bits per heavy atom. The van der Waals surface area contributed by atoms with Gasteiger partial charge in [0.05, 0.1) is 25.1 Å². The Bertz CT molecular complexity index is 844. The molecule has 0 fully saturated rings. The average Bonchev–Trinajstić information content (AvgIpc) is 2.85. The van der Waals surface area contributed by atoms with Crippen molar-refractivity contribution in [2.24, 2.45) is 0 Å². The molecule has 0 spiro atoms. The lowest BCUT2D eigenvalue weighted by atomic mass is 9.95. The minimum Gasteiger partial charge on any atom is -0.507 e. The Kier molecular flexibility index (Phi) is 7.64. The highest BCUT2D eigenvalue weighted by Crippen LogP contribution is 2.32. The van der Waals surface area contributed by atoms with E-state index in [1.807, 2.05) is 13.0 Å². The van der Waals surface area contributed by atoms with Crippen molar-refractivity contribution in [1.29, 1.82) is 0 Å². The summed E-state index contributed by atoms with van der Waals surface area (Å²) in [5.41, 5.74) is 2.47. The molecule has 6 nitrogen and oxygen atoms in total. The summed E-state index contributed by atoms with van der Waals surface area (Å²) in [4.78, 5) is 0. The number of aliphatic hydroxyl groups is 2. The summed E-state index contributed by atoms with van der Waals surface area (Å²) in [7, 11) is -2.05. The average molecular weight is 461 g/mol. The van der Waals surface area contributed by atoms with Gasteiger partial charge in [-0.3, -0.25) is 0 Å². The summed E-state index contributed by atoms with van der Waals surface area (Å²) < 4.78 is 30.4. The van der Waals surface area contributed by atoms with Crippen LogP contribution in [-0.4, -0.2) is 61.2 Å². The van der Waals surface area contributed by atoms with Gasteiger partial charge in [-0.15, -0.1) is 0 Å². The predicted molar refractivity (Wildman–Crippen MR) is 108 cm³/mol. The van der Waals surface area contributed by atoms with E-state index in [2.05, 4.69) is 15.9 Å². The van der Waals surface area contributed by atoms with Crippen LogP contribution in [0.3, 0.4) is 0 Å². The van der Waals surface area contributed by atoms with Crippen molar-refractivity contribution in [3.63, 3.8) is 0 Å². The SMILES string of the molecule is COCC1=C([C@H](O)CC/C(C)=C/c2cc(Br)ccc2O)[C@H](CO)S(=O)(=O)C1. The molecule has 1 aliphatic heterocycles. The van der Waals surface area contributed by atoms with Crippen LogP contribution in [0.25, 0.3) is 6.08 Å². The fourth-order valence-corrected chi connectivity index (χ4v) is 5.56. The lowest BCUT2D eigenvalue weighted by Gasteiger charge is -2.19. The minimum atomic E-state index is -3.52. The molecule has 1 aliphatic rings. The van der Waals surface area contributed by atoms with E-state index >= 15 is 0 Å². The first kappa shape index (κ1) is 22.1. The van der Waals surface area contributed by atoms with Crippen LogP contribution in [-0.2, 0) is 14.6 Å². The van der Waals surface area contributed by atoms with Crippen LogP contribution < -0.4 is 0 Å². The number of ether oxygens (including phenoxy) is 1. The van der Waals surface area contributed by atoms with Crippen molar-refractivity contribution in [3.8, 4) is 5.75 Å². The summed E-state index contributed by atoms with van der Waals surface area (Å²) in [5.74, 6) is -0.0374. The Balaban J connectivity index is 2.15. The van der Waals surface area contributed by atoms with Gasteiger partial charge >= 0.3 is 0 Å². The molecule has 2 atom stereocenters. The zero-order valence-electron chi connectivity index (χ0n) is 15.4. The molecule has 1 aromatic rings. The summed E-state index contributed by atoms with van der Waals surface area (Å²) >= 11 is 3.36. The van der Waals surface area contributed by atoms with Crippen molar-refractivity contribution >= 4 is 31.8 Å². The summed E-state index contributed by atoms with van der Waals surface area (Å²) in [6.07, 6.45) is 1.66. The Hall–Kier alpha value is -1.19. The van der Waals surface area contributed by atoms with Crippen LogP contribution in [0, 0.1) is 0 Å². The van der Waals surface area contributed by atoms with Crippen molar-refractivity contribution in [3.05, 3.63) is 45.0 Å². The van der Waals surface area contributed by atoms with Gasteiger partial charge in [-0.1, -0.05) is 27.6 Å². The number of sulfone groups is 1. The molecular weight excluding hydrogens is 436 g/mol. The van der Waals surface area contributed by atoms with Crippen molar-refractivity contribution in [2.45, 2.75) is 31.1 Å². The van der Waals surface area contributed by atoms with Gasteiger partial charge in [0, 0.05) is 17.1 Å². The number of phenols is 1. The molecule has 2 rings (SSSR count). The number of phenolic OH excluding ortho intramolecular Hbond substituents is 1. The number of hydrogen-bond acceptors (Lipinski definition) is 6. The monoisotopic (exact) mass is 460 g/mol. The molecule has 0 bridgehead atoms. The molecule has 1 aromatic carbocycles. The Morgan fingerprint density at radius 1 is 1.44 bits per heavy atom. The third-order valence-electron chi connectivity index (χ3n) is 4.61. The molecule has 150 valence electrons. The molecule has 0 radical (unpaired) electrons. The van der Waals surface area contributed by atoms with Crippen LogP contribution in [0.4, 0.5) is 0 Å². The fourth-order valence-electron chi connectivity index (χ4n) is 3.31. The first-order valence-corrected chi connectivity index (χ1v) is 11.1. The molecule has 3 N–H and O–H groups in total. The normalized spacial score (nSPS) is 20.9. The van der Waals surface area contributed by atoms with Crippen LogP contribution >= 0.6 is 15.9 Å². The van der Waals surface area contributed by atoms with Gasteiger partial charge < -0.3 is 20.1 Å². The minimum absolute atomic E-state index is 0.114. The van der Waals surface area contributed by atoms with E-state index in [9.17, 15) is 23.7 Å². The van der Waals surface area contributed by atoms with Gasteiger partial charge in [-0.05, 0) is 49.1 Å². The molecule has 0 amide bonds. The van der Waals surface area contributed by atoms with Gasteiger partial charge in [-0.25, -0.2) is 8.42 Å². The second kappa shape index (κ2) is 9.34. The smallest absolute Gasteiger partial charge is 0.163 e. The lowest BCUT2D eigenvalue weighted by Crippen LogP contribution is -2.29. The molecule has 27 heavy (non-hydrogen) atoms. The fraction of sp³-hybridized carbons (Fsp3) is 0.474. The predicted octanol–water partition coefficient (Wildman–Crippen LogP) is 2.43. The van der Waals surface area contributed by atoms with Gasteiger partial charge in [0.15, 0.2) is 9.84 Å². The van der Waals surface area contributed by atoms with Gasteiger partial charge in [-0.2, -0.15) is 0 Å². The van der Waals surface area contributed by atoms with E-state index in [0.717, 1.165) is 10.0 Å². The number of benzene rings is 1. The zero-order chi connectivity index (χ0) is 20.2. The number of aromatic hydroxyl groups is 1. The maximum Gasteiger partial charge on any atom is 0.163 e. The number of hydrogen-bond donors (Lipinski definition) is 3. The van der Waals surface area contributed by atoms with Crippen LogP contribution in [0.2, 0.25) is 0 Å².